The van der Waals surface area contributed by atoms with Crippen LogP contribution in [0.4, 0.5) is 0 Å². The Morgan fingerprint density at radius 3 is 2.78 bits per heavy atom. The first kappa shape index (κ1) is 14.0. The van der Waals surface area contributed by atoms with E-state index in [9.17, 15) is 4.79 Å². The molecule has 1 N–H and O–H groups in total. The van der Waals surface area contributed by atoms with Gasteiger partial charge in [0, 0.05) is 16.7 Å². The SMILES string of the molecule is COc1ccc2c(c1)C(C)(C)c1[nH]c3cc(C#N)sc3c1C2=O. The first-order chi connectivity index (χ1) is 11.0. The van der Waals surface area contributed by atoms with Gasteiger partial charge in [-0.05, 0) is 29.8 Å². The molecule has 5 heteroatoms. The summed E-state index contributed by atoms with van der Waals surface area (Å²) in [6.45, 7) is 4.20. The van der Waals surface area contributed by atoms with E-state index in [4.69, 9.17) is 10.00 Å². The normalized spacial score (nSPS) is 15.1. The fraction of sp³-hybridized carbons (Fsp3) is 0.222. The number of nitrogens with one attached hydrogen (secondary N) is 1. The molecule has 0 saturated carbocycles. The van der Waals surface area contributed by atoms with Gasteiger partial charge in [-0.2, -0.15) is 5.26 Å². The first-order valence-electron chi connectivity index (χ1n) is 7.26. The Balaban J connectivity index is 2.05. The summed E-state index contributed by atoms with van der Waals surface area (Å²) in [5.74, 6) is 0.753. The minimum Gasteiger partial charge on any atom is -0.497 e. The molecule has 23 heavy (non-hydrogen) atoms. The van der Waals surface area contributed by atoms with Crippen LogP contribution in [0, 0.1) is 11.3 Å². The maximum absolute atomic E-state index is 13.0. The molecule has 4 nitrogen and oxygen atoms in total. The number of benzene rings is 1. The van der Waals surface area contributed by atoms with Gasteiger partial charge in [0.25, 0.3) is 0 Å². The Morgan fingerprint density at radius 1 is 1.30 bits per heavy atom. The second kappa shape index (κ2) is 4.46. The lowest BCUT2D eigenvalue weighted by molar-refractivity contribution is 0.103. The van der Waals surface area contributed by atoms with Crippen LogP contribution >= 0.6 is 11.3 Å². The number of ether oxygens (including phenoxy) is 1. The van der Waals surface area contributed by atoms with Gasteiger partial charge in [-0.1, -0.05) is 13.8 Å². The molecule has 0 saturated heterocycles. The van der Waals surface area contributed by atoms with Gasteiger partial charge >= 0.3 is 0 Å². The largest absolute Gasteiger partial charge is 0.497 e. The minimum absolute atomic E-state index is 0.00886. The Labute approximate surface area is 137 Å². The highest BCUT2D eigenvalue weighted by Gasteiger charge is 2.40. The summed E-state index contributed by atoms with van der Waals surface area (Å²) in [6.07, 6.45) is 0. The summed E-state index contributed by atoms with van der Waals surface area (Å²) in [7, 11) is 1.62. The van der Waals surface area contributed by atoms with Crippen LogP contribution in [-0.2, 0) is 5.41 Å². The zero-order chi connectivity index (χ0) is 16.4. The van der Waals surface area contributed by atoms with Gasteiger partial charge in [0.15, 0.2) is 5.78 Å². The van der Waals surface area contributed by atoms with E-state index in [0.29, 0.717) is 16.0 Å². The number of nitriles is 1. The van der Waals surface area contributed by atoms with Crippen LogP contribution in [0.1, 0.15) is 45.9 Å². The van der Waals surface area contributed by atoms with Crippen molar-refractivity contribution in [3.05, 3.63) is 51.5 Å². The number of nitrogens with zero attached hydrogens (tertiary/aromatic N) is 1. The van der Waals surface area contributed by atoms with Crippen LogP contribution in [0.15, 0.2) is 24.3 Å². The Hall–Kier alpha value is -2.58. The topological polar surface area (TPSA) is 65.9 Å². The van der Waals surface area contributed by atoms with Gasteiger partial charge in [0.1, 0.15) is 16.7 Å². The fourth-order valence-corrected chi connectivity index (χ4v) is 4.31. The Morgan fingerprint density at radius 2 is 2.09 bits per heavy atom. The monoisotopic (exact) mass is 322 g/mol. The predicted molar refractivity (Wildman–Crippen MR) is 89.4 cm³/mol. The number of aromatic nitrogens is 1. The van der Waals surface area contributed by atoms with Gasteiger partial charge in [-0.3, -0.25) is 4.79 Å². The number of carbonyl (C=O) groups is 1. The molecular formula is C18H14N2O2S. The number of rotatable bonds is 1. The molecule has 1 aliphatic carbocycles. The highest BCUT2D eigenvalue weighted by atomic mass is 32.1. The van der Waals surface area contributed by atoms with Gasteiger partial charge < -0.3 is 9.72 Å². The molecule has 0 spiro atoms. The maximum atomic E-state index is 13.0. The van der Waals surface area contributed by atoms with E-state index in [0.717, 1.165) is 27.2 Å². The number of hydrogen-bond donors (Lipinski definition) is 1. The molecule has 0 atom stereocenters. The summed E-state index contributed by atoms with van der Waals surface area (Å²) in [5.41, 5.74) is 3.80. The van der Waals surface area contributed by atoms with E-state index >= 15 is 0 Å². The average molecular weight is 322 g/mol. The molecule has 0 fully saturated rings. The molecule has 2 aromatic heterocycles. The molecule has 0 radical (unpaired) electrons. The number of carbonyl (C=O) groups excluding carboxylic acids is 1. The van der Waals surface area contributed by atoms with E-state index < -0.39 is 0 Å². The van der Waals surface area contributed by atoms with Crippen LogP contribution in [0.2, 0.25) is 0 Å². The molecule has 0 amide bonds. The van der Waals surface area contributed by atoms with Crippen molar-refractivity contribution in [2.75, 3.05) is 7.11 Å². The number of thiophene rings is 1. The lowest BCUT2D eigenvalue weighted by atomic mass is 9.71. The fourth-order valence-electron chi connectivity index (χ4n) is 3.36. The second-order valence-corrected chi connectivity index (χ2v) is 7.26. The van der Waals surface area contributed by atoms with Crippen LogP contribution in [0.25, 0.3) is 10.2 Å². The van der Waals surface area contributed by atoms with Crippen molar-refractivity contribution in [1.29, 1.82) is 5.26 Å². The molecule has 4 rings (SSSR count). The number of ketones is 1. The predicted octanol–water partition coefficient (Wildman–Crippen LogP) is 3.98. The van der Waals surface area contributed by atoms with Gasteiger partial charge in [-0.15, -0.1) is 11.3 Å². The number of H-pyrrole nitrogens is 1. The lowest BCUT2D eigenvalue weighted by Gasteiger charge is -2.32. The highest BCUT2D eigenvalue weighted by Crippen LogP contribution is 2.46. The molecule has 1 aliphatic rings. The molecule has 2 heterocycles. The van der Waals surface area contributed by atoms with Crippen molar-refractivity contribution < 1.29 is 9.53 Å². The molecule has 0 aliphatic heterocycles. The summed E-state index contributed by atoms with van der Waals surface area (Å²) in [4.78, 5) is 17.0. The maximum Gasteiger partial charge on any atom is 0.196 e. The van der Waals surface area contributed by atoms with Crippen LogP contribution in [0.5, 0.6) is 5.75 Å². The minimum atomic E-state index is -0.335. The summed E-state index contributed by atoms with van der Waals surface area (Å²) in [5, 5.41) is 9.09. The number of hydrogen-bond acceptors (Lipinski definition) is 4. The van der Waals surface area contributed by atoms with E-state index in [-0.39, 0.29) is 11.2 Å². The number of fused-ring (bicyclic) bond motifs is 4. The smallest absolute Gasteiger partial charge is 0.196 e. The highest BCUT2D eigenvalue weighted by molar-refractivity contribution is 7.20. The zero-order valence-electron chi connectivity index (χ0n) is 13.0. The third-order valence-electron chi connectivity index (χ3n) is 4.58. The van der Waals surface area contributed by atoms with Crippen LogP contribution in [0.3, 0.4) is 0 Å². The quantitative estimate of drug-likeness (QED) is 0.737. The first-order valence-corrected chi connectivity index (χ1v) is 8.08. The van der Waals surface area contributed by atoms with Gasteiger partial charge in [-0.25, -0.2) is 0 Å². The summed E-state index contributed by atoms with van der Waals surface area (Å²) < 4.78 is 6.19. The molecule has 0 unspecified atom stereocenters. The van der Waals surface area contributed by atoms with Crippen molar-refractivity contribution in [1.82, 2.24) is 4.98 Å². The van der Waals surface area contributed by atoms with Crippen LogP contribution in [-0.4, -0.2) is 17.9 Å². The standard InChI is InChI=1S/C18H14N2O2S/c1-18(2)12-6-9(22-3)4-5-11(12)15(21)14-16-13(20-17(14)18)7-10(8-19)23-16/h4-7,20H,1-3H3. The Bertz CT molecular complexity index is 1020. The van der Waals surface area contributed by atoms with E-state index in [2.05, 4.69) is 24.9 Å². The van der Waals surface area contributed by atoms with Gasteiger partial charge in [0.2, 0.25) is 0 Å². The summed E-state index contributed by atoms with van der Waals surface area (Å²) in [6, 6.07) is 9.55. The molecule has 0 bridgehead atoms. The van der Waals surface area contributed by atoms with Crippen molar-refractivity contribution >= 4 is 27.3 Å². The number of aromatic amines is 1. The Kier molecular flexibility index (Phi) is 2.72. The van der Waals surface area contributed by atoms with E-state index in [1.54, 1.807) is 7.11 Å². The lowest BCUT2D eigenvalue weighted by Crippen LogP contribution is -2.30. The van der Waals surface area contributed by atoms with Crippen molar-refractivity contribution in [3.63, 3.8) is 0 Å². The number of methoxy groups -OCH3 is 1. The summed E-state index contributed by atoms with van der Waals surface area (Å²) >= 11 is 1.37. The molecular weight excluding hydrogens is 308 g/mol. The van der Waals surface area contributed by atoms with Crippen molar-refractivity contribution in [3.8, 4) is 11.8 Å². The van der Waals surface area contributed by atoms with Crippen molar-refractivity contribution in [2.45, 2.75) is 19.3 Å². The third kappa shape index (κ3) is 1.73. The molecule has 3 aromatic rings. The van der Waals surface area contributed by atoms with Gasteiger partial charge in [0.05, 0.1) is 22.9 Å². The van der Waals surface area contributed by atoms with E-state index in [1.165, 1.54) is 11.3 Å². The average Bonchev–Trinajstić information content (AvgIpc) is 3.10. The third-order valence-corrected chi connectivity index (χ3v) is 5.63. The molecule has 1 aromatic carbocycles. The molecule has 114 valence electrons. The van der Waals surface area contributed by atoms with E-state index in [1.807, 2.05) is 24.3 Å². The van der Waals surface area contributed by atoms with Crippen molar-refractivity contribution in [2.24, 2.45) is 0 Å². The van der Waals surface area contributed by atoms with Crippen LogP contribution < -0.4 is 4.74 Å². The second-order valence-electron chi connectivity index (χ2n) is 6.21. The zero-order valence-corrected chi connectivity index (χ0v) is 13.8.